The molecular formula is C22H33K3O8S. The summed E-state index contributed by atoms with van der Waals surface area (Å²) in [5.74, 6) is -3.11. The van der Waals surface area contributed by atoms with Crippen molar-refractivity contribution in [3.8, 4) is 5.75 Å². The van der Waals surface area contributed by atoms with Crippen LogP contribution in [0, 0.1) is 6.92 Å². The second kappa shape index (κ2) is 27.3. The van der Waals surface area contributed by atoms with Gasteiger partial charge in [-0.25, -0.2) is 0 Å². The van der Waals surface area contributed by atoms with Crippen LogP contribution in [0.1, 0.15) is 71.1 Å². The summed E-state index contributed by atoms with van der Waals surface area (Å²) in [6, 6.07) is 10.1. The van der Waals surface area contributed by atoms with Gasteiger partial charge in [0.25, 0.3) is 10.1 Å². The first kappa shape index (κ1) is 43.8. The van der Waals surface area contributed by atoms with Crippen molar-refractivity contribution in [2.24, 2.45) is 0 Å². The minimum absolute atomic E-state index is 0. The van der Waals surface area contributed by atoms with E-state index < -0.39 is 33.7 Å². The minimum atomic E-state index is -4.94. The molecule has 0 saturated carbocycles. The molecule has 0 radical (unpaired) electrons. The first-order valence-corrected chi connectivity index (χ1v) is 12.0. The van der Waals surface area contributed by atoms with Gasteiger partial charge in [0.2, 0.25) is 0 Å². The zero-order chi connectivity index (χ0) is 23.7. The Labute approximate surface area is 332 Å². The van der Waals surface area contributed by atoms with E-state index in [0.717, 1.165) is 18.6 Å². The Morgan fingerprint density at radius 3 is 1.85 bits per heavy atom. The van der Waals surface area contributed by atoms with Gasteiger partial charge < -0.3 is 31.5 Å². The third-order valence-electron chi connectivity index (χ3n) is 4.47. The van der Waals surface area contributed by atoms with Crippen molar-refractivity contribution in [2.75, 3.05) is 0 Å². The molecule has 0 saturated heterocycles. The zero-order valence-corrected chi connectivity index (χ0v) is 31.2. The van der Waals surface area contributed by atoms with E-state index >= 15 is 0 Å². The van der Waals surface area contributed by atoms with E-state index in [9.17, 15) is 28.2 Å². The van der Waals surface area contributed by atoms with Crippen molar-refractivity contribution in [1.29, 1.82) is 0 Å². The number of carbonyl (C=O) groups excluding carboxylic acids is 2. The molecule has 178 valence electrons. The molecule has 2 atom stereocenters. The van der Waals surface area contributed by atoms with E-state index in [1.54, 1.807) is 0 Å². The molecule has 0 aromatic heterocycles. The van der Waals surface area contributed by atoms with E-state index in [2.05, 4.69) is 13.8 Å². The fourth-order valence-corrected chi connectivity index (χ4v) is 3.33. The first-order chi connectivity index (χ1) is 14.6. The number of hydrogen-bond acceptors (Lipinski definition) is 7. The molecule has 0 fully saturated rings. The number of carboxylic acid groups (broad SMARTS) is 2. The molecule has 8 nitrogen and oxygen atoms in total. The predicted molar refractivity (Wildman–Crippen MR) is 113 cm³/mol. The van der Waals surface area contributed by atoms with Crippen molar-refractivity contribution in [3.63, 3.8) is 0 Å². The molecule has 0 amide bonds. The van der Waals surface area contributed by atoms with Crippen LogP contribution in [0.5, 0.6) is 5.75 Å². The maximum Gasteiger partial charge on any atom is 1.00 e. The maximum atomic E-state index is 10.2. The molecule has 12 heteroatoms. The molecule has 1 aromatic rings. The Morgan fingerprint density at radius 2 is 1.47 bits per heavy atom. The van der Waals surface area contributed by atoms with Crippen molar-refractivity contribution < 1.29 is 192 Å². The molecule has 0 aliphatic carbocycles. The van der Waals surface area contributed by atoms with Crippen LogP contribution in [-0.4, -0.2) is 36.3 Å². The van der Waals surface area contributed by atoms with Crippen LogP contribution in [0.15, 0.2) is 30.3 Å². The fraction of sp³-hybridized carbons (Fsp3) is 0.591. The zero-order valence-electron chi connectivity index (χ0n) is 21.0. The van der Waals surface area contributed by atoms with E-state index in [4.69, 9.17) is 9.29 Å². The Balaban J connectivity index is -0.000000265. The summed E-state index contributed by atoms with van der Waals surface area (Å²) in [6.45, 7) is 6.26. The second-order valence-corrected chi connectivity index (χ2v) is 8.75. The van der Waals surface area contributed by atoms with Gasteiger partial charge in [-0.05, 0) is 25.0 Å². The molecule has 34 heavy (non-hydrogen) atoms. The van der Waals surface area contributed by atoms with Gasteiger partial charge in [0.15, 0.2) is 0 Å². The van der Waals surface area contributed by atoms with Crippen LogP contribution in [0.2, 0.25) is 0 Å². The Bertz CT molecular complexity index is 733. The average Bonchev–Trinajstić information content (AvgIpc) is 2.70. The topological polar surface area (TPSA) is 144 Å². The van der Waals surface area contributed by atoms with Gasteiger partial charge in [-0.15, -0.1) is 6.42 Å². The number of hydrogen-bond donors (Lipinski definition) is 1. The maximum absolute atomic E-state index is 10.2. The van der Waals surface area contributed by atoms with Gasteiger partial charge in [0, 0.05) is 12.4 Å². The van der Waals surface area contributed by atoms with E-state index in [1.807, 2.05) is 30.3 Å². The summed E-state index contributed by atoms with van der Waals surface area (Å²) in [4.78, 5) is 19.7. The molecular weight excluding hydrogens is 542 g/mol. The fourth-order valence-electron chi connectivity index (χ4n) is 2.74. The summed E-state index contributed by atoms with van der Waals surface area (Å²) < 4.78 is 34.4. The van der Waals surface area contributed by atoms with Crippen molar-refractivity contribution in [2.45, 2.75) is 82.5 Å². The van der Waals surface area contributed by atoms with Crippen LogP contribution >= 0.6 is 0 Å². The number of carbonyl (C=O) groups is 2. The molecule has 0 spiro atoms. The van der Waals surface area contributed by atoms with E-state index in [1.165, 1.54) is 44.9 Å². The van der Waals surface area contributed by atoms with Gasteiger partial charge in [-0.1, -0.05) is 63.6 Å². The van der Waals surface area contributed by atoms with Gasteiger partial charge in [-0.2, -0.15) is 8.42 Å². The Kier molecular flexibility index (Phi) is 35.2. The molecule has 0 aliphatic rings. The van der Waals surface area contributed by atoms with Gasteiger partial charge in [0.05, 0.1) is 12.1 Å². The smallest absolute Gasteiger partial charge is 0.550 e. The van der Waals surface area contributed by atoms with Crippen LogP contribution in [0.25, 0.3) is 0 Å². The molecule has 2 unspecified atom stereocenters. The number of carboxylic acids is 2. The molecule has 0 bridgehead atoms. The number of aliphatic carboxylic acids is 2. The number of rotatable bonds is 15. The van der Waals surface area contributed by atoms with Crippen LogP contribution in [0.4, 0.5) is 0 Å². The van der Waals surface area contributed by atoms with Crippen molar-refractivity contribution in [1.82, 2.24) is 0 Å². The van der Waals surface area contributed by atoms with Crippen LogP contribution in [0.3, 0.4) is 0 Å². The average molecular weight is 575 g/mol. The number of para-hydroxylation sites is 1. The predicted octanol–water partition coefficient (Wildman–Crippen LogP) is -7.06. The summed E-state index contributed by atoms with van der Waals surface area (Å²) in [5, 5.41) is 17.3. The molecule has 0 aliphatic heterocycles. The summed E-state index contributed by atoms with van der Waals surface area (Å²) in [7, 11) is -4.94. The Morgan fingerprint density at radius 1 is 0.971 bits per heavy atom. The summed E-state index contributed by atoms with van der Waals surface area (Å²) in [5.41, 5.74) is 0. The first-order valence-electron chi connectivity index (χ1n) is 10.5. The quantitative estimate of drug-likeness (QED) is 0.0942. The van der Waals surface area contributed by atoms with E-state index in [0.29, 0.717) is 0 Å². The van der Waals surface area contributed by atoms with Gasteiger partial charge in [0.1, 0.15) is 11.0 Å². The SMILES string of the molecule is O=C([O-])CC(C(=O)[O-])S(=O)(=O)O.[CH2-]CC(CCCCCCCCC)Oc1ccccc1.[K+].[K+].[K+]. The molecule has 1 rings (SSSR count). The summed E-state index contributed by atoms with van der Waals surface area (Å²) in [6.07, 6.45) is 10.4. The van der Waals surface area contributed by atoms with Crippen molar-refractivity contribution in [3.05, 3.63) is 37.3 Å². The third kappa shape index (κ3) is 25.1. The van der Waals surface area contributed by atoms with Crippen LogP contribution < -0.4 is 169 Å². The second-order valence-electron chi connectivity index (χ2n) is 7.15. The number of benzene rings is 1. The normalized spacial score (nSPS) is 11.7. The largest absolute Gasteiger partial charge is 1.00 e. The van der Waals surface area contributed by atoms with Gasteiger partial charge >= 0.3 is 154 Å². The van der Waals surface area contributed by atoms with Gasteiger partial charge in [-0.3, -0.25) is 4.55 Å². The summed E-state index contributed by atoms with van der Waals surface area (Å²) >= 11 is 0. The number of ether oxygens (including phenoxy) is 1. The van der Waals surface area contributed by atoms with E-state index in [-0.39, 0.29) is 160 Å². The minimum Gasteiger partial charge on any atom is -0.550 e. The monoisotopic (exact) mass is 574 g/mol. The van der Waals surface area contributed by atoms with Crippen LogP contribution in [-0.2, 0) is 19.7 Å². The molecule has 1 aromatic carbocycles. The molecule has 0 heterocycles. The third-order valence-corrected chi connectivity index (χ3v) is 5.55. The number of unbranched alkanes of at least 4 members (excludes halogenated alkanes) is 6. The molecule has 1 N–H and O–H groups in total. The standard InChI is InChI=1S/C18H29O.C4H6O7S.3K/c1-3-5-6-7-8-9-11-14-17(4-2)19-18-15-12-10-13-16-18;5-3(6)1-2(4(7)8)12(9,10)11;;;/h10,12-13,15-17H,2-9,11,14H2,1H3;2H,1H2,(H,5,6)(H,7,8)(H,9,10,11);;;/q-1;;3*+1/p-2. The van der Waals surface area contributed by atoms with Crippen molar-refractivity contribution >= 4 is 22.1 Å². The Hall–Kier alpha value is 2.78.